The molecule has 2 heterocycles. The molecule has 2 aromatic heterocycles. The second kappa shape index (κ2) is 6.34. The molecule has 0 spiro atoms. The molecule has 3 aromatic rings. The van der Waals surface area contributed by atoms with E-state index < -0.39 is 0 Å². The van der Waals surface area contributed by atoms with Crippen LogP contribution in [0.15, 0.2) is 42.9 Å². The lowest BCUT2D eigenvalue weighted by Crippen LogP contribution is -1.95. The number of nitrogens with one attached hydrogen (secondary N) is 1. The standard InChI is InChI=1S/C18H16N4O/c1-23-18-4-5-21-10-14(18)7-13(9-20)16-11-22-17-3-2-12(8-19)6-15(16)17/h2-7,10-11,22H,8,19H2,1H3/b13-7+. The van der Waals surface area contributed by atoms with E-state index >= 15 is 0 Å². The minimum atomic E-state index is 0.461. The number of nitriles is 1. The molecule has 0 amide bonds. The van der Waals surface area contributed by atoms with Crippen LogP contribution in [-0.4, -0.2) is 17.1 Å². The van der Waals surface area contributed by atoms with E-state index in [1.165, 1.54) is 0 Å². The molecular weight excluding hydrogens is 288 g/mol. The monoisotopic (exact) mass is 304 g/mol. The van der Waals surface area contributed by atoms with E-state index in [0.717, 1.165) is 27.6 Å². The van der Waals surface area contributed by atoms with Gasteiger partial charge in [0.1, 0.15) is 5.75 Å². The van der Waals surface area contributed by atoms with E-state index in [2.05, 4.69) is 16.0 Å². The number of fused-ring (bicyclic) bond motifs is 1. The fourth-order valence-electron chi connectivity index (χ4n) is 2.53. The number of hydrogen-bond acceptors (Lipinski definition) is 4. The first-order valence-corrected chi connectivity index (χ1v) is 7.17. The largest absolute Gasteiger partial charge is 0.496 e. The highest BCUT2D eigenvalue weighted by Crippen LogP contribution is 2.29. The average Bonchev–Trinajstić information content (AvgIpc) is 3.02. The molecule has 0 radical (unpaired) electrons. The van der Waals surface area contributed by atoms with E-state index in [0.29, 0.717) is 17.9 Å². The Morgan fingerprint density at radius 1 is 1.43 bits per heavy atom. The van der Waals surface area contributed by atoms with Crippen LogP contribution in [0.2, 0.25) is 0 Å². The molecule has 114 valence electrons. The Morgan fingerprint density at radius 2 is 2.30 bits per heavy atom. The van der Waals surface area contributed by atoms with Crippen LogP contribution >= 0.6 is 0 Å². The summed E-state index contributed by atoms with van der Waals surface area (Å²) in [5, 5.41) is 10.6. The quantitative estimate of drug-likeness (QED) is 0.725. The van der Waals surface area contributed by atoms with Gasteiger partial charge in [-0.2, -0.15) is 5.26 Å². The SMILES string of the molecule is COc1ccncc1/C=C(\C#N)c1c[nH]c2ccc(CN)cc12. The first kappa shape index (κ1) is 14.8. The molecule has 5 nitrogen and oxygen atoms in total. The van der Waals surface area contributed by atoms with Gasteiger partial charge in [0.25, 0.3) is 0 Å². The number of aromatic amines is 1. The second-order valence-corrected chi connectivity index (χ2v) is 5.07. The predicted molar refractivity (Wildman–Crippen MR) is 90.5 cm³/mol. The maximum atomic E-state index is 9.59. The second-order valence-electron chi connectivity index (χ2n) is 5.07. The summed E-state index contributed by atoms with van der Waals surface area (Å²) in [4.78, 5) is 7.28. The number of nitrogens with two attached hydrogens (primary N) is 1. The zero-order chi connectivity index (χ0) is 16.2. The van der Waals surface area contributed by atoms with Crippen molar-refractivity contribution in [1.29, 1.82) is 5.26 Å². The van der Waals surface area contributed by atoms with Crippen molar-refractivity contribution >= 4 is 22.6 Å². The van der Waals surface area contributed by atoms with Crippen LogP contribution in [0.1, 0.15) is 16.7 Å². The van der Waals surface area contributed by atoms with Gasteiger partial charge in [0, 0.05) is 47.2 Å². The molecule has 0 aliphatic rings. The van der Waals surface area contributed by atoms with Crippen LogP contribution in [0, 0.1) is 11.3 Å². The smallest absolute Gasteiger partial charge is 0.129 e. The minimum absolute atomic E-state index is 0.461. The van der Waals surface area contributed by atoms with Gasteiger partial charge in [-0.3, -0.25) is 4.98 Å². The lowest BCUT2D eigenvalue weighted by atomic mass is 10.0. The molecule has 0 saturated carbocycles. The van der Waals surface area contributed by atoms with Gasteiger partial charge >= 0.3 is 0 Å². The molecular formula is C18H16N4O. The molecule has 5 heteroatoms. The Labute approximate surface area is 134 Å². The van der Waals surface area contributed by atoms with Crippen LogP contribution in [0.4, 0.5) is 0 Å². The Bertz CT molecular complexity index is 918. The van der Waals surface area contributed by atoms with Gasteiger partial charge in [-0.25, -0.2) is 0 Å². The summed E-state index contributed by atoms with van der Waals surface area (Å²) in [6.07, 6.45) is 6.95. The van der Waals surface area contributed by atoms with Gasteiger partial charge < -0.3 is 15.5 Å². The van der Waals surface area contributed by atoms with E-state index in [9.17, 15) is 5.26 Å². The van der Waals surface area contributed by atoms with Crippen molar-refractivity contribution in [2.75, 3.05) is 7.11 Å². The number of H-pyrrole nitrogens is 1. The number of pyridine rings is 1. The van der Waals surface area contributed by atoms with Crippen LogP contribution in [0.25, 0.3) is 22.6 Å². The average molecular weight is 304 g/mol. The van der Waals surface area contributed by atoms with E-state index in [1.54, 1.807) is 31.6 Å². The lowest BCUT2D eigenvalue weighted by molar-refractivity contribution is 0.413. The van der Waals surface area contributed by atoms with E-state index in [-0.39, 0.29) is 0 Å². The maximum absolute atomic E-state index is 9.59. The highest BCUT2D eigenvalue weighted by molar-refractivity contribution is 6.01. The summed E-state index contributed by atoms with van der Waals surface area (Å²) in [5.74, 6) is 0.676. The molecule has 0 bridgehead atoms. The first-order valence-electron chi connectivity index (χ1n) is 7.17. The number of rotatable bonds is 4. The van der Waals surface area contributed by atoms with E-state index in [4.69, 9.17) is 10.5 Å². The van der Waals surface area contributed by atoms with Gasteiger partial charge in [0.2, 0.25) is 0 Å². The van der Waals surface area contributed by atoms with Gasteiger partial charge in [-0.05, 0) is 29.8 Å². The molecule has 0 unspecified atom stereocenters. The van der Waals surface area contributed by atoms with Crippen LogP contribution < -0.4 is 10.5 Å². The van der Waals surface area contributed by atoms with Gasteiger partial charge in [0.15, 0.2) is 0 Å². The molecule has 0 fully saturated rings. The Balaban J connectivity index is 2.15. The fraction of sp³-hybridized carbons (Fsp3) is 0.111. The Hall–Kier alpha value is -3.10. The summed E-state index contributed by atoms with van der Waals surface area (Å²) >= 11 is 0. The molecule has 23 heavy (non-hydrogen) atoms. The van der Waals surface area contributed by atoms with Gasteiger partial charge in [-0.1, -0.05) is 6.07 Å². The number of allylic oxidation sites excluding steroid dienone is 1. The minimum Gasteiger partial charge on any atom is -0.496 e. The molecule has 0 atom stereocenters. The van der Waals surface area contributed by atoms with Crippen molar-refractivity contribution in [3.63, 3.8) is 0 Å². The Morgan fingerprint density at radius 3 is 3.04 bits per heavy atom. The number of methoxy groups -OCH3 is 1. The zero-order valence-corrected chi connectivity index (χ0v) is 12.7. The highest BCUT2D eigenvalue weighted by atomic mass is 16.5. The van der Waals surface area contributed by atoms with E-state index in [1.807, 2.05) is 24.4 Å². The number of nitrogens with zero attached hydrogens (tertiary/aromatic N) is 2. The predicted octanol–water partition coefficient (Wildman–Crippen LogP) is 3.09. The van der Waals surface area contributed by atoms with Crippen molar-refractivity contribution in [3.05, 3.63) is 59.5 Å². The highest BCUT2D eigenvalue weighted by Gasteiger charge is 2.10. The van der Waals surface area contributed by atoms with Gasteiger partial charge in [0.05, 0.1) is 18.8 Å². The van der Waals surface area contributed by atoms with Crippen molar-refractivity contribution < 1.29 is 4.74 Å². The summed E-state index contributed by atoms with van der Waals surface area (Å²) in [7, 11) is 1.60. The van der Waals surface area contributed by atoms with Crippen molar-refractivity contribution in [1.82, 2.24) is 9.97 Å². The Kier molecular flexibility index (Phi) is 4.09. The molecule has 0 saturated heterocycles. The number of aromatic nitrogens is 2. The normalized spacial score (nSPS) is 11.4. The molecule has 1 aromatic carbocycles. The molecule has 3 rings (SSSR count). The third-order valence-electron chi connectivity index (χ3n) is 3.72. The maximum Gasteiger partial charge on any atom is 0.129 e. The third-order valence-corrected chi connectivity index (χ3v) is 3.72. The summed E-state index contributed by atoms with van der Waals surface area (Å²) < 4.78 is 5.31. The summed E-state index contributed by atoms with van der Waals surface area (Å²) in [6, 6.07) is 9.98. The lowest BCUT2D eigenvalue weighted by Gasteiger charge is -2.04. The number of ether oxygens (including phenoxy) is 1. The zero-order valence-electron chi connectivity index (χ0n) is 12.7. The summed E-state index contributed by atoms with van der Waals surface area (Å²) in [6.45, 7) is 0.461. The first-order chi connectivity index (χ1) is 11.3. The molecule has 0 aliphatic heterocycles. The molecule has 3 N–H and O–H groups in total. The summed E-state index contributed by atoms with van der Waals surface area (Å²) in [5.41, 5.74) is 9.84. The number of benzene rings is 1. The number of hydrogen-bond donors (Lipinski definition) is 2. The third kappa shape index (κ3) is 2.80. The van der Waals surface area contributed by atoms with Crippen molar-refractivity contribution in [3.8, 4) is 11.8 Å². The van der Waals surface area contributed by atoms with Gasteiger partial charge in [-0.15, -0.1) is 0 Å². The molecule has 0 aliphatic carbocycles. The van der Waals surface area contributed by atoms with Crippen LogP contribution in [0.3, 0.4) is 0 Å². The van der Waals surface area contributed by atoms with Crippen LogP contribution in [0.5, 0.6) is 5.75 Å². The van der Waals surface area contributed by atoms with Crippen LogP contribution in [-0.2, 0) is 6.54 Å². The van der Waals surface area contributed by atoms with Crippen molar-refractivity contribution in [2.45, 2.75) is 6.54 Å². The van der Waals surface area contributed by atoms with Crippen molar-refractivity contribution in [2.24, 2.45) is 5.73 Å². The fourth-order valence-corrected chi connectivity index (χ4v) is 2.53. The topological polar surface area (TPSA) is 87.7 Å².